The van der Waals surface area contributed by atoms with Gasteiger partial charge in [-0.25, -0.2) is 4.68 Å². The number of benzene rings is 1. The predicted molar refractivity (Wildman–Crippen MR) is 68.3 cm³/mol. The molecule has 0 aliphatic carbocycles. The Hall–Kier alpha value is -3.37. The van der Waals surface area contributed by atoms with E-state index in [1.807, 2.05) is 0 Å². The predicted octanol–water partition coefficient (Wildman–Crippen LogP) is 1.91. The Labute approximate surface area is 115 Å². The van der Waals surface area contributed by atoms with Crippen LogP contribution in [0, 0.1) is 37.3 Å². The molecule has 11 heteroatoms. The minimum atomic E-state index is -0.810. The Morgan fingerprint density at radius 1 is 1.00 bits per heavy atom. The molecule has 0 saturated heterocycles. The first-order chi connectivity index (χ1) is 9.82. The fourth-order valence-corrected chi connectivity index (χ4v) is 1.77. The second-order valence-electron chi connectivity index (χ2n) is 3.97. The van der Waals surface area contributed by atoms with E-state index in [1.165, 1.54) is 6.92 Å². The molecule has 1 aromatic heterocycles. The minimum Gasteiger partial charge on any atom is -0.258 e. The molecule has 11 nitrogen and oxygen atoms in total. The maximum atomic E-state index is 11.0. The topological polar surface area (TPSA) is 147 Å². The van der Waals surface area contributed by atoms with Gasteiger partial charge < -0.3 is 0 Å². The van der Waals surface area contributed by atoms with E-state index in [2.05, 4.69) is 5.10 Å². The maximum absolute atomic E-state index is 11.0. The average Bonchev–Trinajstić information content (AvgIpc) is 2.79. The third-order valence-electron chi connectivity index (χ3n) is 2.78. The SMILES string of the molecule is Cc1c([N+](=O)[O-])cnn1-c1ccc([N+](=O)[O-])cc1[N+](=O)[O-]. The summed E-state index contributed by atoms with van der Waals surface area (Å²) < 4.78 is 1.000. The lowest BCUT2D eigenvalue weighted by Gasteiger charge is -2.04. The highest BCUT2D eigenvalue weighted by atomic mass is 16.6. The second kappa shape index (κ2) is 4.96. The van der Waals surface area contributed by atoms with Crippen LogP contribution in [-0.4, -0.2) is 24.6 Å². The van der Waals surface area contributed by atoms with Crippen LogP contribution in [0.3, 0.4) is 0 Å². The molecule has 1 aromatic carbocycles. The third kappa shape index (κ3) is 2.39. The van der Waals surface area contributed by atoms with E-state index in [9.17, 15) is 30.3 Å². The number of hydrogen-bond donors (Lipinski definition) is 0. The lowest BCUT2D eigenvalue weighted by molar-refractivity contribution is -0.394. The van der Waals surface area contributed by atoms with E-state index in [1.54, 1.807) is 0 Å². The van der Waals surface area contributed by atoms with Gasteiger partial charge >= 0.3 is 11.4 Å². The van der Waals surface area contributed by atoms with Gasteiger partial charge in [0.25, 0.3) is 5.69 Å². The fourth-order valence-electron chi connectivity index (χ4n) is 1.77. The molecule has 0 bridgehead atoms. The largest absolute Gasteiger partial charge is 0.310 e. The summed E-state index contributed by atoms with van der Waals surface area (Å²) in [5, 5.41) is 36.2. The van der Waals surface area contributed by atoms with Gasteiger partial charge in [-0.2, -0.15) is 5.10 Å². The molecule has 0 amide bonds. The number of aromatic nitrogens is 2. The van der Waals surface area contributed by atoms with Crippen LogP contribution < -0.4 is 0 Å². The Morgan fingerprint density at radius 2 is 1.62 bits per heavy atom. The van der Waals surface area contributed by atoms with Crippen molar-refractivity contribution in [2.24, 2.45) is 0 Å². The van der Waals surface area contributed by atoms with E-state index >= 15 is 0 Å². The molecule has 0 N–H and O–H groups in total. The number of non-ortho nitro benzene ring substituents is 1. The fraction of sp³-hybridized carbons (Fsp3) is 0.100. The molecule has 0 radical (unpaired) electrons. The van der Waals surface area contributed by atoms with Crippen molar-refractivity contribution in [1.82, 2.24) is 9.78 Å². The first kappa shape index (κ1) is 14.0. The van der Waals surface area contributed by atoms with Crippen LogP contribution in [0.25, 0.3) is 5.69 Å². The molecule has 2 aromatic rings. The zero-order chi connectivity index (χ0) is 15.7. The van der Waals surface area contributed by atoms with Gasteiger partial charge in [-0.15, -0.1) is 0 Å². The van der Waals surface area contributed by atoms with Gasteiger partial charge in [0.05, 0.1) is 20.8 Å². The molecule has 0 aliphatic rings. The standard InChI is InChI=1S/C10H7N5O6/c1-6-10(15(20)21)5-11-12(6)8-3-2-7(13(16)17)4-9(8)14(18)19/h2-5H,1H3. The van der Waals surface area contributed by atoms with Gasteiger partial charge in [0, 0.05) is 6.07 Å². The summed E-state index contributed by atoms with van der Waals surface area (Å²) in [6, 6.07) is 2.97. The molecular weight excluding hydrogens is 286 g/mol. The van der Waals surface area contributed by atoms with Gasteiger partial charge in [-0.1, -0.05) is 0 Å². The van der Waals surface area contributed by atoms with Crippen molar-refractivity contribution in [2.75, 3.05) is 0 Å². The molecule has 21 heavy (non-hydrogen) atoms. The number of hydrogen-bond acceptors (Lipinski definition) is 7. The Kier molecular flexibility index (Phi) is 3.32. The van der Waals surface area contributed by atoms with Crippen LogP contribution in [-0.2, 0) is 0 Å². The van der Waals surface area contributed by atoms with Crippen molar-refractivity contribution in [1.29, 1.82) is 0 Å². The molecular formula is C10H7N5O6. The van der Waals surface area contributed by atoms with Crippen molar-refractivity contribution in [3.05, 3.63) is 60.4 Å². The Bertz CT molecular complexity index is 767. The number of nitro benzene ring substituents is 2. The highest BCUT2D eigenvalue weighted by molar-refractivity contribution is 5.59. The number of nitro groups is 3. The highest BCUT2D eigenvalue weighted by Gasteiger charge is 2.25. The summed E-state index contributed by atoms with van der Waals surface area (Å²) >= 11 is 0. The summed E-state index contributed by atoms with van der Waals surface area (Å²) in [7, 11) is 0. The second-order valence-corrected chi connectivity index (χ2v) is 3.97. The summed E-state index contributed by atoms with van der Waals surface area (Å²) in [6.07, 6.45) is 0.959. The van der Waals surface area contributed by atoms with Crippen molar-refractivity contribution in [3.63, 3.8) is 0 Å². The lowest BCUT2D eigenvalue weighted by Crippen LogP contribution is -2.04. The molecule has 0 spiro atoms. The zero-order valence-corrected chi connectivity index (χ0v) is 10.5. The van der Waals surface area contributed by atoms with E-state index in [-0.39, 0.29) is 17.1 Å². The molecule has 0 unspecified atom stereocenters. The van der Waals surface area contributed by atoms with Crippen molar-refractivity contribution in [2.45, 2.75) is 6.92 Å². The Morgan fingerprint density at radius 3 is 2.10 bits per heavy atom. The number of nitrogens with zero attached hydrogens (tertiary/aromatic N) is 5. The van der Waals surface area contributed by atoms with Crippen LogP contribution in [0.1, 0.15) is 5.69 Å². The summed E-state index contributed by atoms with van der Waals surface area (Å²) in [6.45, 7) is 1.37. The molecule has 108 valence electrons. The quantitative estimate of drug-likeness (QED) is 0.617. The van der Waals surface area contributed by atoms with Crippen molar-refractivity contribution < 1.29 is 14.8 Å². The molecule has 0 saturated carbocycles. The van der Waals surface area contributed by atoms with Gasteiger partial charge in [0.1, 0.15) is 17.6 Å². The summed E-state index contributed by atoms with van der Waals surface area (Å²) in [5.74, 6) is 0. The van der Waals surface area contributed by atoms with Gasteiger partial charge in [-0.05, 0) is 13.0 Å². The minimum absolute atomic E-state index is 0.0805. The Balaban J connectivity index is 2.66. The van der Waals surface area contributed by atoms with E-state index in [0.717, 1.165) is 29.1 Å². The molecule has 2 rings (SSSR count). The molecule has 1 heterocycles. The van der Waals surface area contributed by atoms with Crippen LogP contribution in [0.4, 0.5) is 17.1 Å². The normalized spacial score (nSPS) is 10.3. The van der Waals surface area contributed by atoms with Crippen LogP contribution in [0.5, 0.6) is 0 Å². The monoisotopic (exact) mass is 293 g/mol. The van der Waals surface area contributed by atoms with E-state index < -0.39 is 26.1 Å². The van der Waals surface area contributed by atoms with Gasteiger partial charge in [-0.3, -0.25) is 30.3 Å². The molecule has 0 aliphatic heterocycles. The third-order valence-corrected chi connectivity index (χ3v) is 2.78. The van der Waals surface area contributed by atoms with Crippen molar-refractivity contribution >= 4 is 17.1 Å². The highest BCUT2D eigenvalue weighted by Crippen LogP contribution is 2.30. The summed E-state index contributed by atoms with van der Waals surface area (Å²) in [5.41, 5.74) is -1.33. The smallest absolute Gasteiger partial charge is 0.258 e. The van der Waals surface area contributed by atoms with Gasteiger partial charge in [0.15, 0.2) is 0 Å². The maximum Gasteiger partial charge on any atom is 0.310 e. The molecule has 0 atom stereocenters. The van der Waals surface area contributed by atoms with Crippen LogP contribution in [0.2, 0.25) is 0 Å². The number of rotatable bonds is 4. The first-order valence-corrected chi connectivity index (χ1v) is 5.45. The molecule has 0 fully saturated rings. The van der Waals surface area contributed by atoms with Crippen LogP contribution >= 0.6 is 0 Å². The van der Waals surface area contributed by atoms with Crippen LogP contribution in [0.15, 0.2) is 24.4 Å². The average molecular weight is 293 g/mol. The lowest BCUT2D eigenvalue weighted by atomic mass is 10.2. The van der Waals surface area contributed by atoms with Gasteiger partial charge in [0.2, 0.25) is 0 Å². The zero-order valence-electron chi connectivity index (χ0n) is 10.5. The van der Waals surface area contributed by atoms with Crippen molar-refractivity contribution in [3.8, 4) is 5.69 Å². The first-order valence-electron chi connectivity index (χ1n) is 5.45. The van der Waals surface area contributed by atoms with E-state index in [4.69, 9.17) is 0 Å². The van der Waals surface area contributed by atoms with E-state index in [0.29, 0.717) is 0 Å². The summed E-state index contributed by atoms with van der Waals surface area (Å²) in [4.78, 5) is 30.2.